The second-order valence-electron chi connectivity index (χ2n) is 10.9. The minimum absolute atomic E-state index is 0.341. The van der Waals surface area contributed by atoms with Crippen LogP contribution in [0.3, 0.4) is 0 Å². The second kappa shape index (κ2) is 10.5. The Morgan fingerprint density at radius 3 is 2.38 bits per heavy atom. The zero-order valence-electron chi connectivity index (χ0n) is 23.2. The molecular weight excluding hydrogens is 509 g/mol. The summed E-state index contributed by atoms with van der Waals surface area (Å²) in [6.45, 7) is 11.4. The van der Waals surface area contributed by atoms with Gasteiger partial charge in [-0.25, -0.2) is 9.18 Å². The number of hydrogen-bond donors (Lipinski definition) is 0. The number of amides is 1. The fourth-order valence-electron chi connectivity index (χ4n) is 5.11. The summed E-state index contributed by atoms with van der Waals surface area (Å²) in [5, 5.41) is 17.2. The first-order chi connectivity index (χ1) is 19.1. The van der Waals surface area contributed by atoms with Crippen molar-refractivity contribution in [2.45, 2.75) is 32.9 Å². The molecule has 0 unspecified atom stereocenters. The zero-order chi connectivity index (χ0) is 28.6. The average molecular weight is 542 g/mol. The largest absolute Gasteiger partial charge is 0.444 e. The molecule has 0 spiro atoms. The fraction of sp³-hybridized carbons (Fsp3) is 0.333. The molecule has 2 aliphatic heterocycles. The number of aromatic nitrogens is 1. The van der Waals surface area contributed by atoms with Crippen LogP contribution in [0.15, 0.2) is 58.9 Å². The molecular formula is C30H32FN7O2. The van der Waals surface area contributed by atoms with Crippen molar-refractivity contribution in [3.63, 3.8) is 0 Å². The number of rotatable bonds is 3. The molecule has 0 atom stereocenters. The summed E-state index contributed by atoms with van der Waals surface area (Å²) in [5.41, 5.74) is 4.90. The van der Waals surface area contributed by atoms with E-state index in [1.54, 1.807) is 17.0 Å². The van der Waals surface area contributed by atoms with Crippen LogP contribution < -0.4 is 9.80 Å². The number of nitrogens with zero attached hydrogens (tertiary/aromatic N) is 7. The number of nitriles is 1. The molecule has 2 aromatic carbocycles. The highest BCUT2D eigenvalue weighted by Crippen LogP contribution is 2.35. The molecule has 9 nitrogen and oxygen atoms in total. The summed E-state index contributed by atoms with van der Waals surface area (Å²) in [7, 11) is 1.84. The third-order valence-electron chi connectivity index (χ3n) is 7.08. The van der Waals surface area contributed by atoms with Gasteiger partial charge in [0.05, 0.1) is 28.7 Å². The lowest BCUT2D eigenvalue weighted by molar-refractivity contribution is 0.0240. The van der Waals surface area contributed by atoms with Crippen LogP contribution in [-0.2, 0) is 11.3 Å². The van der Waals surface area contributed by atoms with Crippen LogP contribution in [0.1, 0.15) is 37.6 Å². The van der Waals surface area contributed by atoms with E-state index in [1.807, 2.05) is 68.1 Å². The first-order valence-electron chi connectivity index (χ1n) is 13.1. The Hall–Kier alpha value is -4.65. The normalized spacial score (nSPS) is 16.2. The van der Waals surface area contributed by atoms with Gasteiger partial charge in [-0.05, 0) is 56.2 Å². The summed E-state index contributed by atoms with van der Waals surface area (Å²) >= 11 is 0. The van der Waals surface area contributed by atoms with E-state index < -0.39 is 5.60 Å². The van der Waals surface area contributed by atoms with E-state index >= 15 is 4.39 Å². The molecule has 3 heterocycles. The molecule has 3 aromatic rings. The minimum atomic E-state index is -0.566. The van der Waals surface area contributed by atoms with E-state index in [-0.39, 0.29) is 11.9 Å². The van der Waals surface area contributed by atoms with Gasteiger partial charge in [-0.2, -0.15) is 10.4 Å². The van der Waals surface area contributed by atoms with E-state index in [0.29, 0.717) is 55.5 Å². The molecule has 0 bridgehead atoms. The quantitative estimate of drug-likeness (QED) is 0.341. The van der Waals surface area contributed by atoms with Crippen LogP contribution in [-0.4, -0.2) is 66.9 Å². The molecule has 1 fully saturated rings. The van der Waals surface area contributed by atoms with Gasteiger partial charge < -0.3 is 24.0 Å². The van der Waals surface area contributed by atoms with E-state index in [9.17, 15) is 4.79 Å². The number of ether oxygens (including phenoxy) is 1. The minimum Gasteiger partial charge on any atom is -0.444 e. The van der Waals surface area contributed by atoms with Gasteiger partial charge in [0, 0.05) is 64.3 Å². The number of piperazine rings is 1. The first-order valence-corrected chi connectivity index (χ1v) is 13.1. The molecule has 10 heteroatoms. The number of carbonyl (C=O) groups is 1. The van der Waals surface area contributed by atoms with Crippen molar-refractivity contribution < 1.29 is 13.9 Å². The van der Waals surface area contributed by atoms with E-state index in [0.717, 1.165) is 22.4 Å². The lowest BCUT2D eigenvalue weighted by Gasteiger charge is -2.37. The van der Waals surface area contributed by atoms with Crippen molar-refractivity contribution in [3.8, 4) is 17.2 Å². The van der Waals surface area contributed by atoms with Crippen LogP contribution in [0, 0.1) is 17.1 Å². The monoisotopic (exact) mass is 541 g/mol. The Morgan fingerprint density at radius 2 is 1.75 bits per heavy atom. The van der Waals surface area contributed by atoms with Gasteiger partial charge in [0.1, 0.15) is 11.4 Å². The molecule has 1 amide bonds. The molecule has 0 saturated carbocycles. The predicted octanol–water partition coefficient (Wildman–Crippen LogP) is 5.08. The smallest absolute Gasteiger partial charge is 0.410 e. The third kappa shape index (κ3) is 5.27. The van der Waals surface area contributed by atoms with E-state index in [1.165, 1.54) is 6.07 Å². The number of anilines is 2. The predicted molar refractivity (Wildman–Crippen MR) is 155 cm³/mol. The Bertz CT molecular complexity index is 1520. The van der Waals surface area contributed by atoms with Crippen LogP contribution >= 0.6 is 0 Å². The molecule has 5 rings (SSSR count). The van der Waals surface area contributed by atoms with Gasteiger partial charge in [0.25, 0.3) is 0 Å². The van der Waals surface area contributed by atoms with Crippen molar-refractivity contribution >= 4 is 30.0 Å². The van der Waals surface area contributed by atoms with Crippen molar-refractivity contribution in [2.24, 2.45) is 10.2 Å². The summed E-state index contributed by atoms with van der Waals surface area (Å²) < 4.78 is 23.2. The number of hydrogen-bond acceptors (Lipinski definition) is 6. The summed E-state index contributed by atoms with van der Waals surface area (Å²) in [4.78, 5) is 18.0. The standard InChI is InChI=1S/C30H32FN7O2/c1-30(2,3)40-29(39)37-12-10-36(11-13-37)26-15-23-19-38-18-22(21-8-6-20(17-32)7-9-21)14-27(38)28(34-33-4)35(5)25(23)16-24(26)31/h6-9,14-16,18H,4,10-13,19H2,1-3,5H3/b34-28-. The van der Waals surface area contributed by atoms with E-state index in [2.05, 4.69) is 27.6 Å². The fourth-order valence-corrected chi connectivity index (χ4v) is 5.11. The Labute approximate surface area is 233 Å². The maximum atomic E-state index is 15.6. The van der Waals surface area contributed by atoms with Crippen molar-refractivity contribution in [1.29, 1.82) is 5.26 Å². The van der Waals surface area contributed by atoms with Gasteiger partial charge in [0.2, 0.25) is 0 Å². The number of fused-ring (bicyclic) bond motifs is 2. The first kappa shape index (κ1) is 26.9. The molecule has 0 radical (unpaired) electrons. The lowest BCUT2D eigenvalue weighted by Crippen LogP contribution is -2.50. The van der Waals surface area contributed by atoms with Gasteiger partial charge in [-0.1, -0.05) is 12.1 Å². The molecule has 1 aromatic heterocycles. The highest BCUT2D eigenvalue weighted by atomic mass is 19.1. The Morgan fingerprint density at radius 1 is 1.05 bits per heavy atom. The lowest BCUT2D eigenvalue weighted by atomic mass is 10.1. The molecule has 1 saturated heterocycles. The van der Waals surface area contributed by atoms with Crippen molar-refractivity contribution in [1.82, 2.24) is 9.47 Å². The SMILES string of the molecule is C=N/N=C1/c2cc(-c3ccc(C#N)cc3)cn2Cc2cc(N3CCN(C(=O)OC(C)(C)C)CC3)c(F)cc2N1C. The number of amidine groups is 1. The molecule has 206 valence electrons. The van der Waals surface area contributed by atoms with Crippen LogP contribution in [0.2, 0.25) is 0 Å². The van der Waals surface area contributed by atoms with Gasteiger partial charge in [-0.15, -0.1) is 5.10 Å². The highest BCUT2D eigenvalue weighted by molar-refractivity contribution is 6.10. The maximum Gasteiger partial charge on any atom is 0.410 e. The zero-order valence-corrected chi connectivity index (χ0v) is 23.2. The maximum absolute atomic E-state index is 15.6. The van der Waals surface area contributed by atoms with Crippen molar-refractivity contribution in [3.05, 3.63) is 71.3 Å². The Balaban J connectivity index is 1.45. The number of halogens is 1. The van der Waals surface area contributed by atoms with Crippen LogP contribution in [0.4, 0.5) is 20.6 Å². The topological polar surface area (TPSA) is 89.5 Å². The van der Waals surface area contributed by atoms with E-state index in [4.69, 9.17) is 10.00 Å². The van der Waals surface area contributed by atoms with Crippen LogP contribution in [0.25, 0.3) is 11.1 Å². The molecule has 0 N–H and O–H groups in total. The van der Waals surface area contributed by atoms with Crippen molar-refractivity contribution in [2.75, 3.05) is 43.0 Å². The number of carbonyl (C=O) groups excluding carboxylic acids is 1. The van der Waals surface area contributed by atoms with Crippen LogP contribution in [0.5, 0.6) is 0 Å². The molecule has 0 aliphatic carbocycles. The Kier molecular flexibility index (Phi) is 7.06. The third-order valence-corrected chi connectivity index (χ3v) is 7.08. The number of benzene rings is 2. The summed E-state index contributed by atoms with van der Waals surface area (Å²) in [5.74, 6) is 0.207. The second-order valence-corrected chi connectivity index (χ2v) is 10.9. The summed E-state index contributed by atoms with van der Waals surface area (Å²) in [6, 6.07) is 15.0. The molecule has 2 aliphatic rings. The van der Waals surface area contributed by atoms with Gasteiger partial charge in [0.15, 0.2) is 5.84 Å². The van der Waals surface area contributed by atoms with Gasteiger partial charge >= 0.3 is 6.09 Å². The highest BCUT2D eigenvalue weighted by Gasteiger charge is 2.30. The molecule has 40 heavy (non-hydrogen) atoms. The average Bonchev–Trinajstić information content (AvgIpc) is 3.30. The summed E-state index contributed by atoms with van der Waals surface area (Å²) in [6.07, 6.45) is 1.68. The van der Waals surface area contributed by atoms with Gasteiger partial charge in [-0.3, -0.25) is 0 Å².